The number of nitrogens with zero attached hydrogens (tertiary/aromatic N) is 1. The smallest absolute Gasteiger partial charge is 0.232 e. The minimum Gasteiger partial charge on any atom is -0.489 e. The molecule has 1 aromatic rings. The Morgan fingerprint density at radius 2 is 1.94 bits per heavy atom. The zero-order valence-corrected chi connectivity index (χ0v) is 11.8. The molecule has 5 nitrogen and oxygen atoms in total. The molecule has 0 heterocycles. The molecule has 0 aliphatic heterocycles. The average Bonchev–Trinajstić information content (AvgIpc) is 2.25. The number of para-hydroxylation sites is 2. The van der Waals surface area contributed by atoms with Gasteiger partial charge >= 0.3 is 0 Å². The van der Waals surface area contributed by atoms with Crippen LogP contribution in [0.15, 0.2) is 24.3 Å². The Morgan fingerprint density at radius 3 is 2.44 bits per heavy atom. The fourth-order valence-electron chi connectivity index (χ4n) is 1.60. The molecule has 102 valence electrons. The maximum absolute atomic E-state index is 11.8. The van der Waals surface area contributed by atoms with Crippen molar-refractivity contribution in [2.75, 3.05) is 23.7 Å². The normalized spacial score (nSPS) is 11.6. The molecule has 6 heteroatoms. The molecule has 0 radical (unpaired) electrons. The van der Waals surface area contributed by atoms with Gasteiger partial charge < -0.3 is 10.5 Å². The lowest BCUT2D eigenvalue weighted by molar-refractivity contribution is 0.243. The van der Waals surface area contributed by atoms with Crippen molar-refractivity contribution in [2.45, 2.75) is 20.0 Å². The number of benzene rings is 1. The summed E-state index contributed by atoms with van der Waals surface area (Å²) in [6.45, 7) is 4.27. The second-order valence-electron chi connectivity index (χ2n) is 4.26. The number of ether oxygens (including phenoxy) is 1. The van der Waals surface area contributed by atoms with E-state index < -0.39 is 10.0 Å². The lowest BCUT2D eigenvalue weighted by Gasteiger charge is -2.24. The largest absolute Gasteiger partial charge is 0.489 e. The molecule has 0 saturated heterocycles. The Kier molecular flexibility index (Phi) is 4.98. The van der Waals surface area contributed by atoms with Crippen molar-refractivity contribution in [3.8, 4) is 5.75 Å². The molecule has 1 aromatic carbocycles. The van der Waals surface area contributed by atoms with Gasteiger partial charge in [-0.2, -0.15) is 0 Å². The van der Waals surface area contributed by atoms with Gasteiger partial charge in [0.15, 0.2) is 0 Å². The molecule has 0 unspecified atom stereocenters. The molecule has 0 atom stereocenters. The van der Waals surface area contributed by atoms with Crippen LogP contribution in [0.1, 0.15) is 13.8 Å². The van der Waals surface area contributed by atoms with Gasteiger partial charge in [0.2, 0.25) is 10.0 Å². The van der Waals surface area contributed by atoms with Gasteiger partial charge in [-0.25, -0.2) is 8.42 Å². The number of rotatable bonds is 6. The Bertz CT molecular complexity index is 486. The summed E-state index contributed by atoms with van der Waals surface area (Å²) < 4.78 is 30.4. The first-order valence-corrected chi connectivity index (χ1v) is 7.64. The van der Waals surface area contributed by atoms with Gasteiger partial charge in [0, 0.05) is 13.1 Å². The monoisotopic (exact) mass is 272 g/mol. The number of hydrogen-bond donors (Lipinski definition) is 1. The lowest BCUT2D eigenvalue weighted by atomic mass is 10.3. The van der Waals surface area contributed by atoms with Gasteiger partial charge in [-0.05, 0) is 26.0 Å². The van der Waals surface area contributed by atoms with Crippen LogP contribution in [0.4, 0.5) is 5.69 Å². The number of nitrogens with two attached hydrogens (primary N) is 1. The predicted molar refractivity (Wildman–Crippen MR) is 73.5 cm³/mol. The van der Waals surface area contributed by atoms with Crippen molar-refractivity contribution < 1.29 is 13.2 Å². The number of sulfonamides is 1. The second-order valence-corrected chi connectivity index (χ2v) is 6.16. The van der Waals surface area contributed by atoms with Crippen molar-refractivity contribution in [2.24, 2.45) is 5.73 Å². The van der Waals surface area contributed by atoms with Gasteiger partial charge in [0.05, 0.1) is 18.0 Å². The van der Waals surface area contributed by atoms with Crippen LogP contribution < -0.4 is 14.8 Å². The third-order valence-corrected chi connectivity index (χ3v) is 3.41. The summed E-state index contributed by atoms with van der Waals surface area (Å²) in [7, 11) is -3.37. The maximum atomic E-state index is 11.8. The van der Waals surface area contributed by atoms with Crippen LogP contribution in [0.5, 0.6) is 5.75 Å². The third kappa shape index (κ3) is 3.89. The van der Waals surface area contributed by atoms with Gasteiger partial charge in [0.25, 0.3) is 0 Å². The van der Waals surface area contributed by atoms with E-state index in [-0.39, 0.29) is 19.2 Å². The van der Waals surface area contributed by atoms with E-state index in [4.69, 9.17) is 10.5 Å². The van der Waals surface area contributed by atoms with Gasteiger partial charge in [-0.15, -0.1) is 0 Å². The Morgan fingerprint density at radius 1 is 1.33 bits per heavy atom. The van der Waals surface area contributed by atoms with Gasteiger partial charge in [-0.3, -0.25) is 4.31 Å². The van der Waals surface area contributed by atoms with Crippen LogP contribution >= 0.6 is 0 Å². The molecule has 0 aromatic heterocycles. The fraction of sp³-hybridized carbons (Fsp3) is 0.500. The Balaban J connectivity index is 3.19. The quantitative estimate of drug-likeness (QED) is 0.844. The molecule has 18 heavy (non-hydrogen) atoms. The summed E-state index contributed by atoms with van der Waals surface area (Å²) in [6, 6.07) is 7.06. The highest BCUT2D eigenvalue weighted by molar-refractivity contribution is 7.92. The van der Waals surface area contributed by atoms with Gasteiger partial charge in [0.1, 0.15) is 5.75 Å². The molecule has 0 bridgehead atoms. The lowest BCUT2D eigenvalue weighted by Crippen LogP contribution is -2.35. The van der Waals surface area contributed by atoms with E-state index in [0.717, 1.165) is 6.26 Å². The molecule has 2 N–H and O–H groups in total. The van der Waals surface area contributed by atoms with Crippen LogP contribution in [0, 0.1) is 0 Å². The highest BCUT2D eigenvalue weighted by atomic mass is 32.2. The zero-order valence-electron chi connectivity index (χ0n) is 11.0. The van der Waals surface area contributed by atoms with Crippen molar-refractivity contribution in [3.63, 3.8) is 0 Å². The first-order chi connectivity index (χ1) is 8.36. The fourth-order valence-corrected chi connectivity index (χ4v) is 2.54. The molecule has 0 spiro atoms. The maximum Gasteiger partial charge on any atom is 0.232 e. The van der Waals surface area contributed by atoms with Gasteiger partial charge in [-0.1, -0.05) is 12.1 Å². The summed E-state index contributed by atoms with van der Waals surface area (Å²) >= 11 is 0. The summed E-state index contributed by atoms with van der Waals surface area (Å²) in [5, 5.41) is 0. The minimum atomic E-state index is -3.37. The summed E-state index contributed by atoms with van der Waals surface area (Å²) in [5.41, 5.74) is 5.99. The van der Waals surface area contributed by atoms with E-state index in [1.54, 1.807) is 18.2 Å². The van der Waals surface area contributed by atoms with Crippen molar-refractivity contribution in [1.29, 1.82) is 0 Å². The zero-order chi connectivity index (χ0) is 13.8. The Labute approximate surface area is 109 Å². The predicted octanol–water partition coefficient (Wildman–Crippen LogP) is 1.20. The second kappa shape index (κ2) is 6.06. The Hall–Kier alpha value is -1.27. The van der Waals surface area contributed by atoms with Crippen LogP contribution in [-0.4, -0.2) is 33.9 Å². The molecule has 0 aliphatic carbocycles. The SMILES string of the molecule is CC(C)Oc1ccccc1N(CCN)S(C)(=O)=O. The number of anilines is 1. The van der Waals surface area contributed by atoms with Crippen molar-refractivity contribution >= 4 is 15.7 Å². The molecule has 0 fully saturated rings. The van der Waals surface area contributed by atoms with E-state index in [1.165, 1.54) is 4.31 Å². The van der Waals surface area contributed by atoms with E-state index in [2.05, 4.69) is 0 Å². The molecule has 0 aliphatic rings. The standard InChI is InChI=1S/C12H20N2O3S/c1-10(2)17-12-7-5-4-6-11(12)14(9-8-13)18(3,15)16/h4-7,10H,8-9,13H2,1-3H3. The molecular weight excluding hydrogens is 252 g/mol. The highest BCUT2D eigenvalue weighted by Gasteiger charge is 2.20. The van der Waals surface area contributed by atoms with Crippen LogP contribution in [-0.2, 0) is 10.0 Å². The average molecular weight is 272 g/mol. The number of hydrogen-bond acceptors (Lipinski definition) is 4. The summed E-state index contributed by atoms with van der Waals surface area (Å²) in [5.74, 6) is 0.548. The summed E-state index contributed by atoms with van der Waals surface area (Å²) in [4.78, 5) is 0. The van der Waals surface area contributed by atoms with E-state index >= 15 is 0 Å². The van der Waals surface area contributed by atoms with Crippen LogP contribution in [0.25, 0.3) is 0 Å². The molecule has 0 amide bonds. The molecular formula is C12H20N2O3S. The van der Waals surface area contributed by atoms with Crippen molar-refractivity contribution in [3.05, 3.63) is 24.3 Å². The first-order valence-electron chi connectivity index (χ1n) is 5.79. The van der Waals surface area contributed by atoms with E-state index in [9.17, 15) is 8.42 Å². The first kappa shape index (κ1) is 14.8. The van der Waals surface area contributed by atoms with E-state index in [1.807, 2.05) is 19.9 Å². The van der Waals surface area contributed by atoms with Crippen molar-refractivity contribution in [1.82, 2.24) is 0 Å². The molecule has 1 rings (SSSR count). The topological polar surface area (TPSA) is 72.6 Å². The summed E-state index contributed by atoms with van der Waals surface area (Å²) in [6.07, 6.45) is 1.14. The minimum absolute atomic E-state index is 0.0227. The van der Waals surface area contributed by atoms with Crippen LogP contribution in [0.3, 0.4) is 0 Å². The molecule has 0 saturated carbocycles. The van der Waals surface area contributed by atoms with E-state index in [0.29, 0.717) is 11.4 Å². The highest BCUT2D eigenvalue weighted by Crippen LogP contribution is 2.30. The van der Waals surface area contributed by atoms with Crippen LogP contribution in [0.2, 0.25) is 0 Å². The third-order valence-electron chi connectivity index (χ3n) is 2.23.